The number of thiocarbonyl (C=S) groups is 1. The van der Waals surface area contributed by atoms with Gasteiger partial charge in [-0.3, -0.25) is 14.9 Å². The van der Waals surface area contributed by atoms with Gasteiger partial charge < -0.3 is 9.64 Å². The van der Waals surface area contributed by atoms with Crippen molar-refractivity contribution < 1.29 is 27.7 Å². The van der Waals surface area contributed by atoms with E-state index in [0.29, 0.717) is 5.56 Å². The number of amides is 1. The van der Waals surface area contributed by atoms with E-state index in [1.54, 1.807) is 0 Å². The lowest BCUT2D eigenvalue weighted by Gasteiger charge is -2.41. The van der Waals surface area contributed by atoms with Gasteiger partial charge in [0, 0.05) is 19.2 Å². The van der Waals surface area contributed by atoms with Crippen LogP contribution in [0.4, 0.5) is 5.69 Å². The molecule has 0 saturated carbocycles. The normalized spacial score (nSPS) is 28.0. The molecule has 2 aliphatic rings. The number of carbonyl (C=O) groups is 2. The number of aryl methyl sites for hydroxylation is 1. The third-order valence-corrected chi connectivity index (χ3v) is 8.83. The minimum absolute atomic E-state index is 0.125. The summed E-state index contributed by atoms with van der Waals surface area (Å²) in [5, 5.41) is 21.5. The molecule has 0 spiro atoms. The van der Waals surface area contributed by atoms with Crippen molar-refractivity contribution in [3.63, 3.8) is 0 Å². The number of non-ortho nitro benzene ring substituents is 1. The minimum Gasteiger partial charge on any atom is -0.459 e. The lowest BCUT2D eigenvalue weighted by molar-refractivity contribution is -0.384. The fourth-order valence-corrected chi connectivity index (χ4v) is 7.03. The highest BCUT2D eigenvalue weighted by Crippen LogP contribution is 2.52. The molecule has 0 N–H and O–H groups in total. The molecule has 168 valence electrons. The molecule has 2 saturated heterocycles. The summed E-state index contributed by atoms with van der Waals surface area (Å²) < 4.78 is 31.5. The molecule has 0 bridgehead atoms. The van der Waals surface area contributed by atoms with Crippen LogP contribution in [-0.4, -0.2) is 67.1 Å². The van der Waals surface area contributed by atoms with Gasteiger partial charge >= 0.3 is 5.97 Å². The Labute approximate surface area is 186 Å². The number of sulfone groups is 1. The molecule has 2 aliphatic heterocycles. The monoisotopic (exact) mass is 480 g/mol. The summed E-state index contributed by atoms with van der Waals surface area (Å²) in [4.78, 5) is 36.9. The molecule has 32 heavy (non-hydrogen) atoms. The van der Waals surface area contributed by atoms with E-state index in [-0.39, 0.29) is 18.1 Å². The number of tetrazole rings is 1. The van der Waals surface area contributed by atoms with Gasteiger partial charge in [-0.25, -0.2) is 17.9 Å². The number of rotatable bonds is 6. The maximum absolute atomic E-state index is 13.5. The molecule has 2 aromatic rings. The average Bonchev–Trinajstić information content (AvgIpc) is 3.24. The molecular weight excluding hydrogens is 464 g/mol. The van der Waals surface area contributed by atoms with E-state index in [2.05, 4.69) is 15.5 Å². The average molecular weight is 480 g/mol. The van der Waals surface area contributed by atoms with Crippen molar-refractivity contribution in [3.8, 4) is 0 Å². The highest BCUT2D eigenvalue weighted by atomic mass is 32.2. The zero-order valence-electron chi connectivity index (χ0n) is 16.7. The zero-order valence-corrected chi connectivity index (χ0v) is 18.3. The topological polar surface area (TPSA) is 167 Å². The molecule has 0 aliphatic carbocycles. The summed E-state index contributed by atoms with van der Waals surface area (Å²) in [7, 11) is -2.77. The second-order valence-corrected chi connectivity index (χ2v) is 10.2. The minimum atomic E-state index is -4.19. The molecule has 1 aromatic heterocycles. The van der Waals surface area contributed by atoms with Crippen molar-refractivity contribution in [2.45, 2.75) is 29.7 Å². The number of β-lactam (4-membered cyclic amide) rings is 1. The Balaban J connectivity index is 1.69. The molecule has 3 heterocycles. The Hall–Kier alpha value is -3.33. The fourth-order valence-electron chi connectivity index (χ4n) is 4.11. The van der Waals surface area contributed by atoms with Gasteiger partial charge in [0.2, 0.25) is 5.91 Å². The van der Waals surface area contributed by atoms with Gasteiger partial charge in [-0.2, -0.15) is 0 Å². The lowest BCUT2D eigenvalue weighted by atomic mass is 9.91. The summed E-state index contributed by atoms with van der Waals surface area (Å²) >= 11 is 4.83. The molecular formula is C17H16N6O7S2. The first-order valence-electron chi connectivity index (χ1n) is 9.19. The second-order valence-electron chi connectivity index (χ2n) is 7.51. The smallest absolute Gasteiger partial charge is 0.331 e. The van der Waals surface area contributed by atoms with Gasteiger partial charge in [0.05, 0.1) is 4.92 Å². The molecule has 1 aromatic carbocycles. The summed E-state index contributed by atoms with van der Waals surface area (Å²) in [6.45, 7) is 0.988. The number of hydrogen-bond acceptors (Lipinski definition) is 11. The summed E-state index contributed by atoms with van der Waals surface area (Å²) in [6.07, 6.45) is 0. The van der Waals surface area contributed by atoms with Crippen LogP contribution in [0.15, 0.2) is 24.3 Å². The molecule has 13 nitrogen and oxygen atoms in total. The number of nitro benzene ring substituents is 1. The second kappa shape index (κ2) is 7.37. The third kappa shape index (κ3) is 2.84. The number of fused-ring (bicyclic) bond motifs is 1. The van der Waals surface area contributed by atoms with E-state index in [1.165, 1.54) is 38.2 Å². The molecule has 1 unspecified atom stereocenters. The van der Waals surface area contributed by atoms with Gasteiger partial charge in [0.15, 0.2) is 31.8 Å². The quantitative estimate of drug-likeness (QED) is 0.174. The van der Waals surface area contributed by atoms with Crippen molar-refractivity contribution >= 4 is 45.0 Å². The first-order chi connectivity index (χ1) is 15.1. The van der Waals surface area contributed by atoms with E-state index in [4.69, 9.17) is 17.0 Å². The van der Waals surface area contributed by atoms with Crippen LogP contribution in [0.3, 0.4) is 0 Å². The maximum atomic E-state index is 13.5. The fraction of sp³-hybridized carbons (Fsp3) is 0.412. The molecule has 4 rings (SSSR count). The van der Waals surface area contributed by atoms with Crippen LogP contribution in [0.25, 0.3) is 0 Å². The van der Waals surface area contributed by atoms with E-state index in [1.807, 2.05) is 0 Å². The number of nitrogens with zero attached hydrogens (tertiary/aromatic N) is 6. The highest BCUT2D eigenvalue weighted by Gasteiger charge is 2.75. The standard InChI is InChI=1S/C17H16N6O7S2/c1-17(16-18-19-20-21(16)2)12(22-13(24)11(8-31)14(22)32(17,28)29)15(25)30-7-9-3-5-10(6-4-9)23(26)27/h3-6,8,11-12,14H,7H2,1-2H3/t11?,12-,14-,17+/m0/s1. The van der Waals surface area contributed by atoms with Gasteiger partial charge in [-0.05, 0) is 40.4 Å². The first kappa shape index (κ1) is 21.9. The van der Waals surface area contributed by atoms with Crippen LogP contribution in [0.2, 0.25) is 0 Å². The molecule has 1 amide bonds. The molecule has 15 heteroatoms. The Morgan fingerprint density at radius 2 is 2.03 bits per heavy atom. The summed E-state index contributed by atoms with van der Waals surface area (Å²) in [5.41, 5.74) is 0.305. The number of nitro groups is 1. The number of ether oxygens (including phenoxy) is 1. The lowest BCUT2D eigenvalue weighted by Crippen LogP contribution is -2.64. The van der Waals surface area contributed by atoms with Crippen LogP contribution in [0, 0.1) is 16.0 Å². The van der Waals surface area contributed by atoms with Gasteiger partial charge in [0.25, 0.3) is 5.69 Å². The highest BCUT2D eigenvalue weighted by molar-refractivity contribution is 7.93. The van der Waals surface area contributed by atoms with Crippen molar-refractivity contribution in [3.05, 3.63) is 45.8 Å². The molecule has 0 radical (unpaired) electrons. The summed E-state index contributed by atoms with van der Waals surface area (Å²) in [5.74, 6) is -2.77. The number of aromatic nitrogens is 4. The maximum Gasteiger partial charge on any atom is 0.331 e. The Kier molecular flexibility index (Phi) is 5.04. The van der Waals surface area contributed by atoms with Crippen LogP contribution in [0.5, 0.6) is 0 Å². The van der Waals surface area contributed by atoms with Gasteiger partial charge in [-0.15, -0.1) is 5.10 Å². The molecule has 2 fully saturated rings. The largest absolute Gasteiger partial charge is 0.459 e. The van der Waals surface area contributed by atoms with Crippen molar-refractivity contribution in [1.82, 2.24) is 25.1 Å². The van der Waals surface area contributed by atoms with E-state index in [0.717, 1.165) is 14.9 Å². The van der Waals surface area contributed by atoms with Crippen molar-refractivity contribution in [2.24, 2.45) is 13.0 Å². The van der Waals surface area contributed by atoms with E-state index in [9.17, 15) is 28.1 Å². The Morgan fingerprint density at radius 1 is 1.38 bits per heavy atom. The summed E-state index contributed by atoms with van der Waals surface area (Å²) in [6, 6.07) is 3.76. The molecule has 4 atom stereocenters. The van der Waals surface area contributed by atoms with Crippen LogP contribution < -0.4 is 0 Å². The Bertz CT molecular complexity index is 1240. The van der Waals surface area contributed by atoms with Crippen molar-refractivity contribution in [1.29, 1.82) is 0 Å². The van der Waals surface area contributed by atoms with Crippen LogP contribution >= 0.6 is 12.2 Å². The van der Waals surface area contributed by atoms with Crippen LogP contribution in [-0.2, 0) is 42.6 Å². The number of esters is 1. The van der Waals surface area contributed by atoms with Gasteiger partial charge in [-0.1, -0.05) is 12.2 Å². The van der Waals surface area contributed by atoms with Crippen molar-refractivity contribution in [2.75, 3.05) is 0 Å². The number of benzene rings is 1. The van der Waals surface area contributed by atoms with Crippen LogP contribution in [0.1, 0.15) is 18.3 Å². The first-order valence-corrected chi connectivity index (χ1v) is 11.2. The number of carbonyl (C=O) groups excluding carboxylic acids is 2. The third-order valence-electron chi connectivity index (χ3n) is 5.79. The van der Waals surface area contributed by atoms with Gasteiger partial charge in [0.1, 0.15) is 12.5 Å². The SMILES string of the molecule is Cn1nnnc1[C@@]1(C)[C@H](C(=O)OCc2ccc([N+](=O)[O-])cc2)N2C(=O)C(C=S)[C@@H]2S1(=O)=O. The Morgan fingerprint density at radius 3 is 2.56 bits per heavy atom. The predicted molar refractivity (Wildman–Crippen MR) is 110 cm³/mol. The predicted octanol–water partition coefficient (Wildman–Crippen LogP) is -0.342. The zero-order chi connectivity index (χ0) is 23.4. The van der Waals surface area contributed by atoms with E-state index < -0.39 is 48.7 Å². The number of hydrogen-bond donors (Lipinski definition) is 0. The van der Waals surface area contributed by atoms with E-state index >= 15 is 0 Å².